The molecule has 1 heterocycles. The third kappa shape index (κ3) is 2.62. The minimum absolute atomic E-state index is 0.171. The molecule has 2 nitrogen and oxygen atoms in total. The van der Waals surface area contributed by atoms with E-state index < -0.39 is 0 Å². The van der Waals surface area contributed by atoms with Gasteiger partial charge >= 0.3 is 0 Å². The quantitative estimate of drug-likeness (QED) is 0.863. The SMILES string of the molecule is Cc1cc(F)c(Br)cc1NC(=O)c1cscc1C. The van der Waals surface area contributed by atoms with Crippen LogP contribution in [0.3, 0.4) is 0 Å². The molecule has 5 heteroatoms. The molecule has 1 N–H and O–H groups in total. The highest BCUT2D eigenvalue weighted by molar-refractivity contribution is 9.10. The van der Waals surface area contributed by atoms with Crippen molar-refractivity contribution >= 4 is 38.9 Å². The number of carbonyl (C=O) groups is 1. The highest BCUT2D eigenvalue weighted by atomic mass is 79.9. The van der Waals surface area contributed by atoms with Gasteiger partial charge in [0.1, 0.15) is 5.82 Å². The highest BCUT2D eigenvalue weighted by Gasteiger charge is 2.12. The molecule has 0 radical (unpaired) electrons. The van der Waals surface area contributed by atoms with Crippen LogP contribution in [-0.2, 0) is 0 Å². The molecule has 0 aliphatic heterocycles. The Labute approximate surface area is 117 Å². The van der Waals surface area contributed by atoms with Gasteiger partial charge < -0.3 is 5.32 Å². The summed E-state index contributed by atoms with van der Waals surface area (Å²) < 4.78 is 13.6. The first-order valence-corrected chi connectivity index (χ1v) is 7.02. The zero-order chi connectivity index (χ0) is 13.3. The maximum atomic E-state index is 13.3. The van der Waals surface area contributed by atoms with E-state index in [1.54, 1.807) is 18.4 Å². The Morgan fingerprint density at radius 2 is 2.00 bits per heavy atom. The van der Waals surface area contributed by atoms with Gasteiger partial charge in [0.2, 0.25) is 0 Å². The van der Waals surface area contributed by atoms with Gasteiger partial charge in [0, 0.05) is 11.1 Å². The molecule has 2 aromatic rings. The third-order valence-electron chi connectivity index (χ3n) is 2.62. The van der Waals surface area contributed by atoms with Crippen molar-refractivity contribution in [3.8, 4) is 0 Å². The van der Waals surface area contributed by atoms with Crippen LogP contribution in [0.15, 0.2) is 27.4 Å². The summed E-state index contributed by atoms with van der Waals surface area (Å²) in [5.41, 5.74) is 2.90. The van der Waals surface area contributed by atoms with Crippen molar-refractivity contribution < 1.29 is 9.18 Å². The lowest BCUT2D eigenvalue weighted by molar-refractivity contribution is 0.102. The normalized spacial score (nSPS) is 10.4. The standard InChI is InChI=1S/C13H11BrFNOS/c1-7-3-11(15)10(14)4-12(7)16-13(17)9-6-18-5-8(9)2/h3-6H,1-2H3,(H,16,17). The first kappa shape index (κ1) is 13.2. The number of thiophene rings is 1. The Morgan fingerprint density at radius 1 is 1.28 bits per heavy atom. The Kier molecular flexibility index (Phi) is 3.82. The molecule has 1 aromatic carbocycles. The van der Waals surface area contributed by atoms with E-state index in [1.165, 1.54) is 17.4 Å². The topological polar surface area (TPSA) is 29.1 Å². The number of rotatable bonds is 2. The van der Waals surface area contributed by atoms with E-state index in [2.05, 4.69) is 21.2 Å². The van der Waals surface area contributed by atoms with Gasteiger partial charge in [0.25, 0.3) is 5.91 Å². The molecular weight excluding hydrogens is 317 g/mol. The number of carbonyl (C=O) groups excluding carboxylic acids is 1. The van der Waals surface area contributed by atoms with Crippen molar-refractivity contribution in [2.75, 3.05) is 5.32 Å². The molecule has 0 bridgehead atoms. The van der Waals surface area contributed by atoms with Gasteiger partial charge in [-0.25, -0.2) is 4.39 Å². The summed E-state index contributed by atoms with van der Waals surface area (Å²) in [6.45, 7) is 3.64. The summed E-state index contributed by atoms with van der Waals surface area (Å²) >= 11 is 4.59. The molecule has 0 fully saturated rings. The van der Waals surface area contributed by atoms with Gasteiger partial charge in [-0.15, -0.1) is 0 Å². The van der Waals surface area contributed by atoms with Crippen LogP contribution in [0, 0.1) is 19.7 Å². The average Bonchev–Trinajstić information content (AvgIpc) is 2.72. The van der Waals surface area contributed by atoms with Crippen molar-refractivity contribution in [1.82, 2.24) is 0 Å². The smallest absolute Gasteiger partial charge is 0.256 e. The summed E-state index contributed by atoms with van der Waals surface area (Å²) in [5.74, 6) is -0.507. The van der Waals surface area contributed by atoms with E-state index >= 15 is 0 Å². The zero-order valence-electron chi connectivity index (χ0n) is 9.88. The lowest BCUT2D eigenvalue weighted by atomic mass is 10.1. The molecule has 1 amide bonds. The molecule has 0 aliphatic carbocycles. The Balaban J connectivity index is 2.28. The number of hydrogen-bond acceptors (Lipinski definition) is 2. The zero-order valence-corrected chi connectivity index (χ0v) is 12.3. The largest absolute Gasteiger partial charge is 0.322 e. The molecule has 18 heavy (non-hydrogen) atoms. The molecule has 2 rings (SSSR count). The summed E-state index contributed by atoms with van der Waals surface area (Å²) in [4.78, 5) is 12.0. The second-order valence-electron chi connectivity index (χ2n) is 4.00. The van der Waals surface area contributed by atoms with Gasteiger partial charge in [-0.1, -0.05) is 0 Å². The second kappa shape index (κ2) is 5.20. The maximum Gasteiger partial charge on any atom is 0.256 e. The van der Waals surface area contributed by atoms with Gasteiger partial charge in [-0.2, -0.15) is 11.3 Å². The molecule has 0 spiro atoms. The fourth-order valence-electron chi connectivity index (χ4n) is 1.56. The van der Waals surface area contributed by atoms with E-state index in [9.17, 15) is 9.18 Å². The fourth-order valence-corrected chi connectivity index (χ4v) is 2.74. The highest BCUT2D eigenvalue weighted by Crippen LogP contribution is 2.25. The van der Waals surface area contributed by atoms with Gasteiger partial charge in [-0.05, 0) is 58.4 Å². The summed E-state index contributed by atoms with van der Waals surface area (Å²) in [6, 6.07) is 2.96. The molecule has 0 aliphatic rings. The predicted molar refractivity (Wildman–Crippen MR) is 75.8 cm³/mol. The number of aryl methyl sites for hydroxylation is 2. The first-order chi connectivity index (χ1) is 8.49. The van der Waals surface area contributed by atoms with E-state index in [-0.39, 0.29) is 11.7 Å². The molecule has 0 saturated carbocycles. The van der Waals surface area contributed by atoms with E-state index in [0.717, 1.165) is 5.56 Å². The number of halogens is 2. The number of benzene rings is 1. The summed E-state index contributed by atoms with van der Waals surface area (Å²) in [6.07, 6.45) is 0. The van der Waals surface area contributed by atoms with E-state index in [1.807, 2.05) is 12.3 Å². The Hall–Kier alpha value is -1.20. The van der Waals surface area contributed by atoms with Gasteiger partial charge in [0.05, 0.1) is 10.0 Å². The number of anilines is 1. The van der Waals surface area contributed by atoms with Crippen LogP contribution < -0.4 is 5.32 Å². The first-order valence-electron chi connectivity index (χ1n) is 5.29. The Morgan fingerprint density at radius 3 is 2.61 bits per heavy atom. The van der Waals surface area contributed by atoms with Crippen molar-refractivity contribution in [3.63, 3.8) is 0 Å². The van der Waals surface area contributed by atoms with E-state index in [0.29, 0.717) is 21.3 Å². The number of hydrogen-bond donors (Lipinski definition) is 1. The van der Waals surface area contributed by atoms with Gasteiger partial charge in [0.15, 0.2) is 0 Å². The van der Waals surface area contributed by atoms with Crippen LogP contribution in [0.5, 0.6) is 0 Å². The second-order valence-corrected chi connectivity index (χ2v) is 5.60. The maximum absolute atomic E-state index is 13.3. The molecule has 0 atom stereocenters. The van der Waals surface area contributed by atoms with Crippen molar-refractivity contribution in [2.24, 2.45) is 0 Å². The monoisotopic (exact) mass is 327 g/mol. The predicted octanol–water partition coefficient (Wildman–Crippen LogP) is 4.52. The minimum atomic E-state index is -0.336. The number of nitrogens with one attached hydrogen (secondary N) is 1. The Bertz CT molecular complexity index is 609. The van der Waals surface area contributed by atoms with Crippen LogP contribution in [0.25, 0.3) is 0 Å². The summed E-state index contributed by atoms with van der Waals surface area (Å²) in [5, 5.41) is 6.52. The molecule has 0 saturated heterocycles. The van der Waals surface area contributed by atoms with Crippen LogP contribution in [0.1, 0.15) is 21.5 Å². The molecule has 1 aromatic heterocycles. The molecule has 0 unspecified atom stereocenters. The lowest BCUT2D eigenvalue weighted by Gasteiger charge is -2.09. The van der Waals surface area contributed by atoms with Crippen molar-refractivity contribution in [3.05, 3.63) is 49.9 Å². The van der Waals surface area contributed by atoms with Gasteiger partial charge in [-0.3, -0.25) is 4.79 Å². The summed E-state index contributed by atoms with van der Waals surface area (Å²) in [7, 11) is 0. The van der Waals surface area contributed by atoms with Crippen LogP contribution in [-0.4, -0.2) is 5.91 Å². The number of amides is 1. The average molecular weight is 328 g/mol. The van der Waals surface area contributed by atoms with Crippen LogP contribution in [0.4, 0.5) is 10.1 Å². The minimum Gasteiger partial charge on any atom is -0.322 e. The van der Waals surface area contributed by atoms with Crippen LogP contribution >= 0.6 is 27.3 Å². The van der Waals surface area contributed by atoms with E-state index in [4.69, 9.17) is 0 Å². The third-order valence-corrected chi connectivity index (χ3v) is 4.08. The fraction of sp³-hybridized carbons (Fsp3) is 0.154. The molecule has 94 valence electrons. The molecular formula is C13H11BrFNOS. The lowest BCUT2D eigenvalue weighted by Crippen LogP contribution is -2.13. The van der Waals surface area contributed by atoms with Crippen molar-refractivity contribution in [1.29, 1.82) is 0 Å². The van der Waals surface area contributed by atoms with Crippen molar-refractivity contribution in [2.45, 2.75) is 13.8 Å². The van der Waals surface area contributed by atoms with Crippen LogP contribution in [0.2, 0.25) is 0 Å².